The Bertz CT molecular complexity index is 81.8. The fourth-order valence-electron chi connectivity index (χ4n) is 0.476. The van der Waals surface area contributed by atoms with E-state index in [2.05, 4.69) is 5.32 Å². The van der Waals surface area contributed by atoms with Crippen LogP contribution in [-0.4, -0.2) is 23.4 Å². The second-order valence-corrected chi connectivity index (χ2v) is 1.43. The highest BCUT2D eigenvalue weighted by Gasteiger charge is 1.94. The molecule has 0 aromatic carbocycles. The van der Waals surface area contributed by atoms with Crippen molar-refractivity contribution < 1.29 is 5.21 Å². The third-order valence-electron chi connectivity index (χ3n) is 0.850. The quantitative estimate of drug-likeness (QED) is 0.440. The van der Waals surface area contributed by atoms with Gasteiger partial charge in [-0.3, -0.25) is 10.3 Å². The maximum absolute atomic E-state index is 8.62. The third kappa shape index (κ3) is 1.08. The van der Waals surface area contributed by atoms with Crippen LogP contribution >= 0.6 is 0 Å². The molecule has 0 atom stereocenters. The molecule has 0 aromatic rings. The van der Waals surface area contributed by atoms with Gasteiger partial charge in [0.25, 0.3) is 0 Å². The van der Waals surface area contributed by atoms with Gasteiger partial charge in [0.1, 0.15) is 0 Å². The summed E-state index contributed by atoms with van der Waals surface area (Å²) in [5.74, 6) is 0. The van der Waals surface area contributed by atoms with Crippen LogP contribution in [0.15, 0.2) is 12.4 Å². The Morgan fingerprint density at radius 2 is 2.57 bits per heavy atom. The van der Waals surface area contributed by atoms with Gasteiger partial charge in [-0.2, -0.15) is 0 Å². The normalized spacial score (nSPS) is 19.3. The van der Waals surface area contributed by atoms with Gasteiger partial charge in [0.05, 0.1) is 6.54 Å². The molecule has 0 aromatic heterocycles. The average Bonchev–Trinajstić information content (AvgIpc) is 1.69. The minimum atomic E-state index is 0.677. The SMILES string of the molecule is ON1C=CNCC1. The zero-order valence-corrected chi connectivity index (χ0v) is 3.96. The number of hydrogen-bond donors (Lipinski definition) is 2. The first kappa shape index (κ1) is 4.46. The second-order valence-electron chi connectivity index (χ2n) is 1.43. The summed E-state index contributed by atoms with van der Waals surface area (Å²) in [6, 6.07) is 0. The summed E-state index contributed by atoms with van der Waals surface area (Å²) in [6.07, 6.45) is 3.30. The highest BCUT2D eigenvalue weighted by Crippen LogP contribution is 1.84. The Kier molecular flexibility index (Phi) is 1.17. The molecule has 0 radical (unpaired) electrons. The van der Waals surface area contributed by atoms with E-state index in [4.69, 9.17) is 5.21 Å². The fraction of sp³-hybridized carbons (Fsp3) is 0.500. The van der Waals surface area contributed by atoms with Crippen molar-refractivity contribution in [2.24, 2.45) is 0 Å². The van der Waals surface area contributed by atoms with Crippen molar-refractivity contribution in [2.45, 2.75) is 0 Å². The lowest BCUT2D eigenvalue weighted by Crippen LogP contribution is -2.28. The molecule has 1 aliphatic heterocycles. The number of nitrogens with zero attached hydrogens (tertiary/aromatic N) is 1. The van der Waals surface area contributed by atoms with Crippen LogP contribution in [0, 0.1) is 0 Å². The maximum atomic E-state index is 8.62. The summed E-state index contributed by atoms with van der Waals surface area (Å²) in [5.41, 5.74) is 0. The molecule has 3 nitrogen and oxygen atoms in total. The van der Waals surface area contributed by atoms with Crippen molar-refractivity contribution >= 4 is 0 Å². The predicted molar refractivity (Wildman–Crippen MR) is 25.6 cm³/mol. The molecule has 0 spiro atoms. The van der Waals surface area contributed by atoms with E-state index in [0.29, 0.717) is 6.54 Å². The van der Waals surface area contributed by atoms with Gasteiger partial charge in [0, 0.05) is 18.9 Å². The van der Waals surface area contributed by atoms with E-state index in [0.717, 1.165) is 11.6 Å². The molecule has 1 rings (SSSR count). The van der Waals surface area contributed by atoms with Gasteiger partial charge in [-0.15, -0.1) is 0 Å². The Balaban J connectivity index is 2.36. The molecule has 7 heavy (non-hydrogen) atoms. The third-order valence-corrected chi connectivity index (χ3v) is 0.850. The van der Waals surface area contributed by atoms with Crippen molar-refractivity contribution in [3.63, 3.8) is 0 Å². The van der Waals surface area contributed by atoms with E-state index in [9.17, 15) is 0 Å². The first-order valence-corrected chi connectivity index (χ1v) is 2.25. The van der Waals surface area contributed by atoms with Gasteiger partial charge < -0.3 is 5.32 Å². The van der Waals surface area contributed by atoms with E-state index in [-0.39, 0.29) is 0 Å². The fourth-order valence-corrected chi connectivity index (χ4v) is 0.476. The molecule has 40 valence electrons. The van der Waals surface area contributed by atoms with Crippen molar-refractivity contribution in [3.8, 4) is 0 Å². The summed E-state index contributed by atoms with van der Waals surface area (Å²) in [4.78, 5) is 0. The minimum absolute atomic E-state index is 0.677. The molecule has 0 saturated carbocycles. The van der Waals surface area contributed by atoms with Crippen molar-refractivity contribution in [1.29, 1.82) is 0 Å². The first-order valence-electron chi connectivity index (χ1n) is 2.25. The first-order chi connectivity index (χ1) is 3.39. The molecule has 0 bridgehead atoms. The Morgan fingerprint density at radius 1 is 1.71 bits per heavy atom. The van der Waals surface area contributed by atoms with Crippen LogP contribution in [0.4, 0.5) is 0 Å². The zero-order valence-electron chi connectivity index (χ0n) is 3.96. The van der Waals surface area contributed by atoms with Crippen LogP contribution in [-0.2, 0) is 0 Å². The van der Waals surface area contributed by atoms with E-state index < -0.39 is 0 Å². The minimum Gasteiger partial charge on any atom is -0.388 e. The largest absolute Gasteiger partial charge is 0.388 e. The summed E-state index contributed by atoms with van der Waals surface area (Å²) in [7, 11) is 0. The van der Waals surface area contributed by atoms with Crippen molar-refractivity contribution in [3.05, 3.63) is 12.4 Å². The van der Waals surface area contributed by atoms with Gasteiger partial charge in [-0.25, -0.2) is 0 Å². The molecule has 1 aliphatic rings. The molecule has 2 N–H and O–H groups in total. The standard InChI is InChI=1S/C4H8N2O/c7-6-3-1-5-2-4-6/h1,3,5,7H,2,4H2. The molecule has 0 saturated heterocycles. The number of hydrogen-bond acceptors (Lipinski definition) is 3. The highest BCUT2D eigenvalue weighted by atomic mass is 16.5. The molecule has 0 fully saturated rings. The van der Waals surface area contributed by atoms with Crippen LogP contribution in [0.2, 0.25) is 0 Å². The van der Waals surface area contributed by atoms with Crippen LogP contribution < -0.4 is 5.32 Å². The Labute approximate surface area is 42.2 Å². The molecule has 1 heterocycles. The maximum Gasteiger partial charge on any atom is 0.0620 e. The van der Waals surface area contributed by atoms with Crippen molar-refractivity contribution in [2.75, 3.05) is 13.1 Å². The van der Waals surface area contributed by atoms with Gasteiger partial charge in [-0.05, 0) is 0 Å². The summed E-state index contributed by atoms with van der Waals surface area (Å²) >= 11 is 0. The van der Waals surface area contributed by atoms with E-state index >= 15 is 0 Å². The predicted octanol–water partition coefficient (Wildman–Crippen LogP) is -0.248. The van der Waals surface area contributed by atoms with E-state index in [1.807, 2.05) is 0 Å². The summed E-state index contributed by atoms with van der Waals surface area (Å²) < 4.78 is 0. The lowest BCUT2D eigenvalue weighted by Gasteiger charge is -2.15. The molecular formula is C4H8N2O. The zero-order chi connectivity index (χ0) is 5.11. The number of hydroxylamine groups is 2. The van der Waals surface area contributed by atoms with Gasteiger partial charge >= 0.3 is 0 Å². The van der Waals surface area contributed by atoms with Crippen LogP contribution in [0.5, 0.6) is 0 Å². The molecule has 0 amide bonds. The molecular weight excluding hydrogens is 92.1 g/mol. The highest BCUT2D eigenvalue weighted by molar-refractivity contribution is 4.81. The summed E-state index contributed by atoms with van der Waals surface area (Å²) in [5, 5.41) is 12.7. The average molecular weight is 100 g/mol. The molecule has 0 unspecified atom stereocenters. The van der Waals surface area contributed by atoms with Crippen LogP contribution in [0.1, 0.15) is 0 Å². The van der Waals surface area contributed by atoms with Crippen molar-refractivity contribution in [1.82, 2.24) is 10.4 Å². The lowest BCUT2D eigenvalue weighted by atomic mass is 10.5. The number of nitrogens with one attached hydrogen (secondary N) is 1. The van der Waals surface area contributed by atoms with E-state index in [1.54, 1.807) is 12.4 Å². The topological polar surface area (TPSA) is 35.5 Å². The Morgan fingerprint density at radius 3 is 2.86 bits per heavy atom. The van der Waals surface area contributed by atoms with Gasteiger partial charge in [0.15, 0.2) is 0 Å². The smallest absolute Gasteiger partial charge is 0.0620 e. The second kappa shape index (κ2) is 1.84. The monoisotopic (exact) mass is 100 g/mol. The molecule has 3 heteroatoms. The number of rotatable bonds is 0. The Hall–Kier alpha value is -0.700. The van der Waals surface area contributed by atoms with Crippen LogP contribution in [0.3, 0.4) is 0 Å². The molecule has 0 aliphatic carbocycles. The summed E-state index contributed by atoms with van der Waals surface area (Å²) in [6.45, 7) is 1.50. The lowest BCUT2D eigenvalue weighted by molar-refractivity contribution is -0.0431. The van der Waals surface area contributed by atoms with Crippen LogP contribution in [0.25, 0.3) is 0 Å². The van der Waals surface area contributed by atoms with Gasteiger partial charge in [-0.1, -0.05) is 0 Å². The van der Waals surface area contributed by atoms with Gasteiger partial charge in [0.2, 0.25) is 0 Å². The van der Waals surface area contributed by atoms with E-state index in [1.165, 1.54) is 0 Å².